The molecule has 1 aromatic carbocycles. The van der Waals surface area contributed by atoms with Crippen LogP contribution >= 0.6 is 0 Å². The Morgan fingerprint density at radius 1 is 1.32 bits per heavy atom. The van der Waals surface area contributed by atoms with Crippen molar-refractivity contribution in [2.24, 2.45) is 5.92 Å². The van der Waals surface area contributed by atoms with Crippen molar-refractivity contribution in [3.63, 3.8) is 0 Å². The molecule has 3 N–H and O–H groups in total. The number of nitrogen functional groups attached to an aromatic ring is 1. The second-order valence-corrected chi connectivity index (χ2v) is 4.64. The summed E-state index contributed by atoms with van der Waals surface area (Å²) >= 11 is 0. The van der Waals surface area contributed by atoms with Gasteiger partial charge in [0.15, 0.2) is 0 Å². The molecule has 1 aliphatic heterocycles. The lowest BCUT2D eigenvalue weighted by molar-refractivity contribution is -0.143. The molecule has 2 rings (SSSR count). The van der Waals surface area contributed by atoms with E-state index >= 15 is 0 Å². The molecule has 1 aromatic rings. The lowest BCUT2D eigenvalue weighted by Crippen LogP contribution is -2.40. The molecule has 6 heteroatoms. The third-order valence-electron chi connectivity index (χ3n) is 3.38. The number of carbonyl (C=O) groups excluding carboxylic acids is 1. The number of hydrogen-bond donors (Lipinski definition) is 2. The van der Waals surface area contributed by atoms with E-state index in [-0.39, 0.29) is 17.2 Å². The quantitative estimate of drug-likeness (QED) is 0.791. The maximum atomic E-state index is 13.1. The summed E-state index contributed by atoms with van der Waals surface area (Å²) in [5.74, 6) is -2.11. The van der Waals surface area contributed by atoms with Crippen LogP contribution in [0, 0.1) is 11.7 Å². The molecule has 0 spiro atoms. The minimum Gasteiger partial charge on any atom is -0.481 e. The van der Waals surface area contributed by atoms with Crippen molar-refractivity contribution in [3.8, 4) is 0 Å². The Morgan fingerprint density at radius 2 is 1.95 bits per heavy atom. The zero-order valence-corrected chi connectivity index (χ0v) is 10.3. The van der Waals surface area contributed by atoms with E-state index in [0.717, 1.165) is 6.07 Å². The van der Waals surface area contributed by atoms with Gasteiger partial charge in [-0.1, -0.05) is 0 Å². The van der Waals surface area contributed by atoms with Gasteiger partial charge in [0, 0.05) is 18.8 Å². The molecule has 0 bridgehead atoms. The van der Waals surface area contributed by atoms with E-state index in [4.69, 9.17) is 10.8 Å². The summed E-state index contributed by atoms with van der Waals surface area (Å²) in [6.07, 6.45) is 0.826. The van der Waals surface area contributed by atoms with Crippen molar-refractivity contribution in [2.75, 3.05) is 18.8 Å². The Morgan fingerprint density at radius 3 is 2.53 bits per heavy atom. The number of anilines is 1. The van der Waals surface area contributed by atoms with Crippen LogP contribution in [0.4, 0.5) is 10.1 Å². The van der Waals surface area contributed by atoms with Crippen LogP contribution in [0.25, 0.3) is 0 Å². The molecule has 0 aromatic heterocycles. The van der Waals surface area contributed by atoms with E-state index in [0.29, 0.717) is 25.9 Å². The van der Waals surface area contributed by atoms with Crippen LogP contribution in [0.1, 0.15) is 23.2 Å². The highest BCUT2D eigenvalue weighted by atomic mass is 19.1. The number of aliphatic carboxylic acids is 1. The molecule has 1 aliphatic rings. The van der Waals surface area contributed by atoms with Crippen LogP contribution in [0.5, 0.6) is 0 Å². The van der Waals surface area contributed by atoms with Crippen molar-refractivity contribution in [3.05, 3.63) is 29.6 Å². The maximum absolute atomic E-state index is 13.1. The van der Waals surface area contributed by atoms with Crippen molar-refractivity contribution in [1.82, 2.24) is 4.90 Å². The van der Waals surface area contributed by atoms with Gasteiger partial charge in [-0.15, -0.1) is 0 Å². The third kappa shape index (κ3) is 2.83. The molecular weight excluding hydrogens is 251 g/mol. The average molecular weight is 266 g/mol. The van der Waals surface area contributed by atoms with Crippen LogP contribution < -0.4 is 5.73 Å². The number of piperidine rings is 1. The molecular formula is C13H15FN2O3. The van der Waals surface area contributed by atoms with Crippen molar-refractivity contribution < 1.29 is 19.1 Å². The number of hydrogen-bond acceptors (Lipinski definition) is 3. The largest absolute Gasteiger partial charge is 0.481 e. The lowest BCUT2D eigenvalue weighted by Gasteiger charge is -2.30. The minimum absolute atomic E-state index is 0.133. The molecule has 1 heterocycles. The van der Waals surface area contributed by atoms with Crippen LogP contribution in [0.15, 0.2) is 18.2 Å². The topological polar surface area (TPSA) is 83.6 Å². The summed E-state index contributed by atoms with van der Waals surface area (Å²) in [6, 6.07) is 3.66. The molecule has 0 unspecified atom stereocenters. The van der Waals surface area contributed by atoms with Gasteiger partial charge < -0.3 is 15.7 Å². The summed E-state index contributed by atoms with van der Waals surface area (Å²) in [7, 11) is 0. The molecule has 0 radical (unpaired) electrons. The molecule has 5 nitrogen and oxygen atoms in total. The van der Waals surface area contributed by atoms with Crippen LogP contribution in [0.2, 0.25) is 0 Å². The Labute approximate surface area is 109 Å². The van der Waals surface area contributed by atoms with Gasteiger partial charge >= 0.3 is 5.97 Å². The second-order valence-electron chi connectivity index (χ2n) is 4.64. The zero-order valence-electron chi connectivity index (χ0n) is 10.3. The first kappa shape index (κ1) is 13.3. The van der Waals surface area contributed by atoms with Crippen molar-refractivity contribution >= 4 is 17.6 Å². The van der Waals surface area contributed by atoms with E-state index in [1.54, 1.807) is 0 Å². The molecule has 1 fully saturated rings. The zero-order chi connectivity index (χ0) is 14.0. The molecule has 0 saturated carbocycles. The van der Waals surface area contributed by atoms with Gasteiger partial charge in [-0.25, -0.2) is 4.39 Å². The van der Waals surface area contributed by atoms with Gasteiger partial charge in [-0.2, -0.15) is 0 Å². The van der Waals surface area contributed by atoms with Gasteiger partial charge in [-0.05, 0) is 31.0 Å². The maximum Gasteiger partial charge on any atom is 0.306 e. The summed E-state index contributed by atoms with van der Waals surface area (Å²) in [5, 5.41) is 8.89. The fourth-order valence-corrected chi connectivity index (χ4v) is 2.21. The Bertz CT molecular complexity index is 511. The number of carbonyl (C=O) groups is 2. The Kier molecular flexibility index (Phi) is 3.69. The number of benzene rings is 1. The standard InChI is InChI=1S/C13H15FN2O3/c14-9-1-2-11(15)10(7-9)12(17)16-5-3-8(4-6-16)13(18)19/h1-2,7-8H,3-6,15H2,(H,18,19). The van der Waals surface area contributed by atoms with E-state index in [1.807, 2.05) is 0 Å². The van der Waals surface area contributed by atoms with E-state index < -0.39 is 17.7 Å². The first-order valence-electron chi connectivity index (χ1n) is 6.06. The SMILES string of the molecule is Nc1ccc(F)cc1C(=O)N1CCC(C(=O)O)CC1. The van der Waals surface area contributed by atoms with Crippen LogP contribution in [-0.2, 0) is 4.79 Å². The number of rotatable bonds is 2. The molecule has 19 heavy (non-hydrogen) atoms. The second kappa shape index (κ2) is 5.26. The van der Waals surface area contributed by atoms with E-state index in [1.165, 1.54) is 17.0 Å². The monoisotopic (exact) mass is 266 g/mol. The number of amides is 1. The van der Waals surface area contributed by atoms with E-state index in [2.05, 4.69) is 0 Å². The normalized spacial score (nSPS) is 16.4. The molecule has 0 aliphatic carbocycles. The van der Waals surface area contributed by atoms with Crippen molar-refractivity contribution in [1.29, 1.82) is 0 Å². The Balaban J connectivity index is 2.09. The van der Waals surface area contributed by atoms with E-state index in [9.17, 15) is 14.0 Å². The fourth-order valence-electron chi connectivity index (χ4n) is 2.21. The number of carboxylic acid groups (broad SMARTS) is 1. The predicted octanol–water partition coefficient (Wildman–Crippen LogP) is 1.34. The van der Waals surface area contributed by atoms with Gasteiger partial charge in [-0.3, -0.25) is 9.59 Å². The number of nitrogens with two attached hydrogens (primary N) is 1. The number of likely N-dealkylation sites (tertiary alicyclic amines) is 1. The molecule has 1 amide bonds. The third-order valence-corrected chi connectivity index (χ3v) is 3.38. The first-order chi connectivity index (χ1) is 8.99. The van der Waals surface area contributed by atoms with Gasteiger partial charge in [0.25, 0.3) is 5.91 Å². The fraction of sp³-hybridized carbons (Fsp3) is 0.385. The summed E-state index contributed by atoms with van der Waals surface area (Å²) in [6.45, 7) is 0.706. The first-order valence-corrected chi connectivity index (χ1v) is 6.06. The number of nitrogens with zero attached hydrogens (tertiary/aromatic N) is 1. The molecule has 0 atom stereocenters. The van der Waals surface area contributed by atoms with Gasteiger partial charge in [0.05, 0.1) is 11.5 Å². The lowest BCUT2D eigenvalue weighted by atomic mass is 9.96. The van der Waals surface area contributed by atoms with Crippen LogP contribution in [-0.4, -0.2) is 35.0 Å². The number of halogens is 1. The highest BCUT2D eigenvalue weighted by molar-refractivity contribution is 5.99. The molecule has 102 valence electrons. The van der Waals surface area contributed by atoms with Crippen LogP contribution in [0.3, 0.4) is 0 Å². The summed E-state index contributed by atoms with van der Waals surface area (Å²) < 4.78 is 13.1. The minimum atomic E-state index is -0.836. The van der Waals surface area contributed by atoms with Gasteiger partial charge in [0.2, 0.25) is 0 Å². The van der Waals surface area contributed by atoms with Gasteiger partial charge in [0.1, 0.15) is 5.82 Å². The highest BCUT2D eigenvalue weighted by Crippen LogP contribution is 2.21. The summed E-state index contributed by atoms with van der Waals surface area (Å²) in [4.78, 5) is 24.5. The Hall–Kier alpha value is -2.11. The smallest absolute Gasteiger partial charge is 0.306 e. The van der Waals surface area contributed by atoms with Crippen molar-refractivity contribution in [2.45, 2.75) is 12.8 Å². The number of carboxylic acids is 1. The average Bonchev–Trinajstić information content (AvgIpc) is 2.41. The molecule has 1 saturated heterocycles. The highest BCUT2D eigenvalue weighted by Gasteiger charge is 2.28. The predicted molar refractivity (Wildman–Crippen MR) is 67.1 cm³/mol. The summed E-state index contributed by atoms with van der Waals surface area (Å²) in [5.41, 5.74) is 6.03.